The Balaban J connectivity index is 1.65. The smallest absolute Gasteiger partial charge is 0.247 e. The molecular formula is C29H39N3O4S. The molecule has 1 fully saturated rings. The zero-order chi connectivity index (χ0) is 26.4. The van der Waals surface area contributed by atoms with E-state index in [1.165, 1.54) is 23.6 Å². The molecule has 200 valence electrons. The van der Waals surface area contributed by atoms with Gasteiger partial charge < -0.3 is 9.84 Å². The van der Waals surface area contributed by atoms with Gasteiger partial charge in [0.05, 0.1) is 6.61 Å². The minimum absolute atomic E-state index is 0.106. The minimum atomic E-state index is -3.86. The van der Waals surface area contributed by atoms with Crippen LogP contribution in [0.3, 0.4) is 0 Å². The SMILES string of the molecule is C[C@@H]1CN([C@H](C)CO)S(=O)(=O)c2ccc(C#CC3CCCCC3)cc2O[C@H]1CN(C)Cc1cccnc1. The van der Waals surface area contributed by atoms with Gasteiger partial charge in [-0.1, -0.05) is 44.1 Å². The summed E-state index contributed by atoms with van der Waals surface area (Å²) in [6.07, 6.45) is 9.31. The zero-order valence-electron chi connectivity index (χ0n) is 22.1. The number of pyridine rings is 1. The van der Waals surface area contributed by atoms with Gasteiger partial charge in [-0.2, -0.15) is 4.31 Å². The monoisotopic (exact) mass is 525 g/mol. The molecule has 3 atom stereocenters. The molecule has 2 aliphatic rings. The highest BCUT2D eigenvalue weighted by molar-refractivity contribution is 7.89. The predicted octanol–water partition coefficient (Wildman–Crippen LogP) is 3.91. The van der Waals surface area contributed by atoms with Gasteiger partial charge in [0.2, 0.25) is 10.0 Å². The summed E-state index contributed by atoms with van der Waals surface area (Å²) in [5.74, 6) is 7.30. The highest BCUT2D eigenvalue weighted by atomic mass is 32.2. The second-order valence-corrected chi connectivity index (χ2v) is 12.4. The van der Waals surface area contributed by atoms with Crippen LogP contribution in [0.5, 0.6) is 5.75 Å². The quantitative estimate of drug-likeness (QED) is 0.576. The third-order valence-electron chi connectivity index (χ3n) is 7.36. The summed E-state index contributed by atoms with van der Waals surface area (Å²) in [6.45, 7) is 5.06. The molecule has 0 bridgehead atoms. The summed E-state index contributed by atoms with van der Waals surface area (Å²) in [6, 6.07) is 8.57. The Morgan fingerprint density at radius 2 is 2.03 bits per heavy atom. The second-order valence-electron chi connectivity index (χ2n) is 10.6. The van der Waals surface area contributed by atoms with Gasteiger partial charge in [0.25, 0.3) is 0 Å². The Bertz CT molecular complexity index is 1200. The molecular weight excluding hydrogens is 486 g/mol. The molecule has 2 heterocycles. The topological polar surface area (TPSA) is 83.0 Å². The third-order valence-corrected chi connectivity index (χ3v) is 9.38. The number of benzene rings is 1. The molecule has 37 heavy (non-hydrogen) atoms. The maximum Gasteiger partial charge on any atom is 0.247 e. The van der Waals surface area contributed by atoms with E-state index in [-0.39, 0.29) is 30.1 Å². The Morgan fingerprint density at radius 3 is 2.73 bits per heavy atom. The number of nitrogens with zero attached hydrogens (tertiary/aromatic N) is 3. The molecule has 0 spiro atoms. The Morgan fingerprint density at radius 1 is 1.24 bits per heavy atom. The lowest BCUT2D eigenvalue weighted by Crippen LogP contribution is -2.49. The van der Waals surface area contributed by atoms with E-state index >= 15 is 0 Å². The summed E-state index contributed by atoms with van der Waals surface area (Å²) < 4.78 is 35.3. The van der Waals surface area contributed by atoms with Gasteiger partial charge in [-0.25, -0.2) is 8.42 Å². The summed E-state index contributed by atoms with van der Waals surface area (Å²) in [7, 11) is -1.83. The normalized spacial score (nSPS) is 23.2. The van der Waals surface area contributed by atoms with E-state index in [0.29, 0.717) is 24.8 Å². The average molecular weight is 526 g/mol. The van der Waals surface area contributed by atoms with E-state index in [2.05, 4.69) is 21.7 Å². The fraction of sp³-hybridized carbons (Fsp3) is 0.552. The van der Waals surface area contributed by atoms with Crippen LogP contribution in [0, 0.1) is 23.7 Å². The van der Waals surface area contributed by atoms with Gasteiger partial charge in [-0.15, -0.1) is 0 Å². The maximum absolute atomic E-state index is 13.7. The van der Waals surface area contributed by atoms with Crippen LogP contribution in [0.15, 0.2) is 47.6 Å². The lowest BCUT2D eigenvalue weighted by Gasteiger charge is -2.37. The number of aromatic nitrogens is 1. The van der Waals surface area contributed by atoms with Crippen LogP contribution >= 0.6 is 0 Å². The number of ether oxygens (including phenoxy) is 1. The van der Waals surface area contributed by atoms with Crippen LogP contribution < -0.4 is 4.74 Å². The molecule has 1 aromatic heterocycles. The molecule has 7 nitrogen and oxygen atoms in total. The fourth-order valence-corrected chi connectivity index (χ4v) is 6.95. The van der Waals surface area contributed by atoms with E-state index in [4.69, 9.17) is 4.74 Å². The summed E-state index contributed by atoms with van der Waals surface area (Å²) in [5, 5.41) is 9.86. The van der Waals surface area contributed by atoms with E-state index in [1.54, 1.807) is 31.3 Å². The number of aliphatic hydroxyl groups excluding tert-OH is 1. The Hall–Kier alpha value is -2.44. The molecule has 1 aromatic carbocycles. The van der Waals surface area contributed by atoms with Crippen LogP contribution in [0.25, 0.3) is 0 Å². The van der Waals surface area contributed by atoms with Crippen molar-refractivity contribution in [2.75, 3.05) is 26.7 Å². The van der Waals surface area contributed by atoms with Crippen molar-refractivity contribution in [2.24, 2.45) is 11.8 Å². The van der Waals surface area contributed by atoms with E-state index < -0.39 is 16.1 Å². The number of hydrogen-bond donors (Lipinski definition) is 1. The van der Waals surface area contributed by atoms with Crippen molar-refractivity contribution in [3.8, 4) is 17.6 Å². The number of fused-ring (bicyclic) bond motifs is 1. The summed E-state index contributed by atoms with van der Waals surface area (Å²) in [5.41, 5.74) is 1.86. The molecule has 1 N–H and O–H groups in total. The van der Waals surface area contributed by atoms with Gasteiger partial charge in [-0.05, 0) is 56.6 Å². The lowest BCUT2D eigenvalue weighted by atomic mass is 9.90. The molecule has 4 rings (SSSR count). The van der Waals surface area contributed by atoms with Crippen molar-refractivity contribution >= 4 is 10.0 Å². The molecule has 1 saturated carbocycles. The fourth-order valence-electron chi connectivity index (χ4n) is 5.13. The molecule has 8 heteroatoms. The molecule has 0 saturated heterocycles. The molecule has 0 unspecified atom stereocenters. The number of rotatable bonds is 6. The molecule has 1 aliphatic heterocycles. The van der Waals surface area contributed by atoms with Crippen LogP contribution in [0.4, 0.5) is 0 Å². The largest absolute Gasteiger partial charge is 0.487 e. The van der Waals surface area contributed by atoms with Crippen LogP contribution in [-0.2, 0) is 16.6 Å². The number of sulfonamides is 1. The number of hydrogen-bond acceptors (Lipinski definition) is 6. The summed E-state index contributed by atoms with van der Waals surface area (Å²) in [4.78, 5) is 6.50. The molecule has 0 radical (unpaired) electrons. The number of aliphatic hydroxyl groups is 1. The van der Waals surface area contributed by atoms with Crippen LogP contribution in [0.1, 0.15) is 57.1 Å². The predicted molar refractivity (Wildman–Crippen MR) is 144 cm³/mol. The first kappa shape index (κ1) is 27.6. The van der Waals surface area contributed by atoms with Gasteiger partial charge in [0, 0.05) is 55.5 Å². The molecule has 2 aromatic rings. The van der Waals surface area contributed by atoms with Crippen molar-refractivity contribution in [1.82, 2.24) is 14.2 Å². The molecule has 1 aliphatic carbocycles. The highest BCUT2D eigenvalue weighted by Crippen LogP contribution is 2.34. The van der Waals surface area contributed by atoms with Crippen molar-refractivity contribution in [1.29, 1.82) is 0 Å². The van der Waals surface area contributed by atoms with Crippen LogP contribution in [0.2, 0.25) is 0 Å². The van der Waals surface area contributed by atoms with E-state index in [9.17, 15) is 13.5 Å². The molecule has 0 amide bonds. The lowest BCUT2D eigenvalue weighted by molar-refractivity contribution is 0.0733. The van der Waals surface area contributed by atoms with Crippen molar-refractivity contribution in [3.05, 3.63) is 53.9 Å². The summed E-state index contributed by atoms with van der Waals surface area (Å²) >= 11 is 0. The van der Waals surface area contributed by atoms with Crippen molar-refractivity contribution in [3.63, 3.8) is 0 Å². The minimum Gasteiger partial charge on any atom is -0.487 e. The first-order valence-electron chi connectivity index (χ1n) is 13.3. The Labute approximate surface area is 221 Å². The van der Waals surface area contributed by atoms with E-state index in [1.807, 2.05) is 32.3 Å². The Kier molecular flexibility index (Phi) is 9.25. The zero-order valence-corrected chi connectivity index (χ0v) is 23.0. The van der Waals surface area contributed by atoms with Crippen molar-refractivity contribution < 1.29 is 18.3 Å². The first-order chi connectivity index (χ1) is 17.8. The highest BCUT2D eigenvalue weighted by Gasteiger charge is 2.38. The van der Waals surface area contributed by atoms with Gasteiger partial charge in [0.1, 0.15) is 16.7 Å². The van der Waals surface area contributed by atoms with E-state index in [0.717, 1.165) is 24.0 Å². The second kappa shape index (κ2) is 12.4. The first-order valence-corrected chi connectivity index (χ1v) is 14.7. The van der Waals surface area contributed by atoms with Gasteiger partial charge in [0.15, 0.2) is 0 Å². The van der Waals surface area contributed by atoms with Crippen LogP contribution in [-0.4, -0.2) is 66.6 Å². The van der Waals surface area contributed by atoms with Crippen molar-refractivity contribution in [2.45, 2.75) is 69.5 Å². The van der Waals surface area contributed by atoms with Gasteiger partial charge in [-0.3, -0.25) is 9.88 Å². The third kappa shape index (κ3) is 6.91. The average Bonchev–Trinajstić information content (AvgIpc) is 2.90. The standard InChI is InChI=1S/C29H39N3O4S/c1-22-18-32(23(2)21-33)37(34,35)29-14-13-25(12-11-24-8-5-4-6-9-24)16-27(29)36-28(22)20-31(3)19-26-10-7-15-30-17-26/h7,10,13-17,22-24,28,33H,4-6,8-9,18-21H2,1-3H3/t22-,23-,28+/m1/s1. The maximum atomic E-state index is 13.7. The van der Waals surface area contributed by atoms with Gasteiger partial charge >= 0.3 is 0 Å². The number of likely N-dealkylation sites (N-methyl/N-ethyl adjacent to an activating group) is 1.